The fourth-order valence-corrected chi connectivity index (χ4v) is 6.80. The summed E-state index contributed by atoms with van der Waals surface area (Å²) in [5.41, 5.74) is 7.34. The van der Waals surface area contributed by atoms with E-state index in [0.717, 1.165) is 13.1 Å². The number of fused-ring (bicyclic) bond motifs is 5. The van der Waals surface area contributed by atoms with E-state index in [1.165, 1.54) is 66.2 Å². The number of anilines is 4. The van der Waals surface area contributed by atoms with Gasteiger partial charge in [-0.05, 0) is 104 Å². The van der Waals surface area contributed by atoms with Gasteiger partial charge in [0.1, 0.15) is 0 Å². The Morgan fingerprint density at radius 3 is 0.741 bits per heavy atom. The van der Waals surface area contributed by atoms with Gasteiger partial charge in [0.25, 0.3) is 0 Å². The molecule has 0 atom stereocenters. The third-order valence-electron chi connectivity index (χ3n) is 8.98. The SMILES string of the molecule is CC.CC.CC.CC.c1ccc(N(Cc2cc3c4ccccc4c(CN(c4ccccc4)c4ccccc4)cc3c3ccccc23)c2ccccc2)cc1. The van der Waals surface area contributed by atoms with Crippen LogP contribution in [0.3, 0.4) is 0 Å². The van der Waals surface area contributed by atoms with Crippen LogP contribution >= 0.6 is 0 Å². The zero-order chi connectivity index (χ0) is 38.7. The molecule has 8 aromatic carbocycles. The number of para-hydroxylation sites is 4. The average Bonchev–Trinajstić information content (AvgIpc) is 3.28. The first-order valence-electron chi connectivity index (χ1n) is 19.9. The van der Waals surface area contributed by atoms with Gasteiger partial charge < -0.3 is 9.80 Å². The number of rotatable bonds is 8. The predicted molar refractivity (Wildman–Crippen MR) is 242 cm³/mol. The summed E-state index contributed by atoms with van der Waals surface area (Å²) in [5.74, 6) is 0. The van der Waals surface area contributed by atoms with Crippen LogP contribution in [0.5, 0.6) is 0 Å². The minimum atomic E-state index is 0.760. The van der Waals surface area contributed by atoms with E-state index in [-0.39, 0.29) is 0 Å². The van der Waals surface area contributed by atoms with Crippen LogP contribution in [0.2, 0.25) is 0 Å². The summed E-state index contributed by atoms with van der Waals surface area (Å²) in [7, 11) is 0. The number of hydrogen-bond acceptors (Lipinski definition) is 2. The molecule has 0 aliphatic rings. The molecule has 0 N–H and O–H groups in total. The lowest BCUT2D eigenvalue weighted by Crippen LogP contribution is -2.17. The van der Waals surface area contributed by atoms with Gasteiger partial charge in [-0.25, -0.2) is 0 Å². The monoisotopic (exact) mass is 710 g/mol. The maximum Gasteiger partial charge on any atom is 0.0488 e. The van der Waals surface area contributed by atoms with Crippen LogP contribution in [0, 0.1) is 0 Å². The number of hydrogen-bond donors (Lipinski definition) is 0. The summed E-state index contributed by atoms with van der Waals surface area (Å²) < 4.78 is 0. The van der Waals surface area contributed by atoms with Crippen LogP contribution in [-0.2, 0) is 13.1 Å². The van der Waals surface area contributed by atoms with Crippen molar-refractivity contribution in [2.75, 3.05) is 9.80 Å². The standard InChI is InChI=1S/C44H34N2.4C2H6/c1-5-17-35(18-6-1)45(36-19-7-2-8-20-36)31-33-29-43-42-28-16-14-26-40(42)34(30-44(43)41-27-15-13-25-39(33)41)32-46(37-21-9-3-10-22-37)38-23-11-4-12-24-38;4*1-2/h1-30H,31-32H2;4*1-2H3. The lowest BCUT2D eigenvalue weighted by atomic mass is 9.90. The van der Waals surface area contributed by atoms with Crippen LogP contribution in [0.1, 0.15) is 66.5 Å². The summed E-state index contributed by atoms with van der Waals surface area (Å²) >= 11 is 0. The van der Waals surface area contributed by atoms with Gasteiger partial charge in [0.2, 0.25) is 0 Å². The third-order valence-corrected chi connectivity index (χ3v) is 8.98. The number of nitrogens with zero attached hydrogens (tertiary/aromatic N) is 2. The molecule has 54 heavy (non-hydrogen) atoms. The molecule has 0 saturated heterocycles. The highest BCUT2D eigenvalue weighted by Crippen LogP contribution is 2.39. The van der Waals surface area contributed by atoms with Gasteiger partial charge >= 0.3 is 0 Å². The van der Waals surface area contributed by atoms with Gasteiger partial charge in [0, 0.05) is 35.8 Å². The summed E-state index contributed by atoms with van der Waals surface area (Å²) in [6.07, 6.45) is 0. The molecule has 0 saturated carbocycles. The first kappa shape index (κ1) is 40.9. The minimum absolute atomic E-state index is 0.760. The first-order chi connectivity index (χ1) is 26.8. The van der Waals surface area contributed by atoms with Gasteiger partial charge in [-0.2, -0.15) is 0 Å². The Labute approximate surface area is 325 Å². The zero-order valence-corrected chi connectivity index (χ0v) is 33.6. The molecule has 276 valence electrons. The Hall–Kier alpha value is -5.86. The van der Waals surface area contributed by atoms with Crippen LogP contribution < -0.4 is 9.80 Å². The molecule has 2 heteroatoms. The molecule has 0 fully saturated rings. The van der Waals surface area contributed by atoms with E-state index in [4.69, 9.17) is 0 Å². The maximum absolute atomic E-state index is 2.44. The van der Waals surface area contributed by atoms with Crippen LogP contribution in [0.25, 0.3) is 32.3 Å². The van der Waals surface area contributed by atoms with Crippen molar-refractivity contribution in [3.63, 3.8) is 0 Å². The van der Waals surface area contributed by atoms with Crippen LogP contribution in [-0.4, -0.2) is 0 Å². The normalized spacial score (nSPS) is 10.0. The van der Waals surface area contributed by atoms with E-state index in [1.54, 1.807) is 0 Å². The van der Waals surface area contributed by atoms with Gasteiger partial charge in [0.05, 0.1) is 0 Å². The fraction of sp³-hybridized carbons (Fsp3) is 0.192. The summed E-state index contributed by atoms with van der Waals surface area (Å²) in [6, 6.07) is 65.6. The first-order valence-corrected chi connectivity index (χ1v) is 19.9. The molecule has 8 aromatic rings. The van der Waals surface area contributed by atoms with Gasteiger partial charge in [0.15, 0.2) is 0 Å². The smallest absolute Gasteiger partial charge is 0.0488 e. The molecule has 0 aliphatic carbocycles. The van der Waals surface area contributed by atoms with Crippen molar-refractivity contribution in [2.24, 2.45) is 0 Å². The molecule has 0 unspecified atom stereocenters. The molecule has 0 aliphatic heterocycles. The Kier molecular flexibility index (Phi) is 16.4. The Morgan fingerprint density at radius 2 is 0.481 bits per heavy atom. The molecule has 0 amide bonds. The zero-order valence-electron chi connectivity index (χ0n) is 33.6. The lowest BCUT2D eigenvalue weighted by Gasteiger charge is -2.27. The summed E-state index contributed by atoms with van der Waals surface area (Å²) in [6.45, 7) is 17.5. The summed E-state index contributed by atoms with van der Waals surface area (Å²) in [4.78, 5) is 4.84. The van der Waals surface area contributed by atoms with E-state index in [1.807, 2.05) is 55.4 Å². The topological polar surface area (TPSA) is 6.48 Å². The largest absolute Gasteiger partial charge is 0.337 e. The third kappa shape index (κ3) is 9.38. The highest BCUT2D eigenvalue weighted by Gasteiger charge is 2.18. The van der Waals surface area contributed by atoms with Gasteiger partial charge in [-0.1, -0.05) is 177 Å². The molecular weight excluding hydrogens is 653 g/mol. The molecule has 0 spiro atoms. The molecule has 0 radical (unpaired) electrons. The molecule has 0 aromatic heterocycles. The van der Waals surface area contributed by atoms with Crippen molar-refractivity contribution in [1.82, 2.24) is 0 Å². The van der Waals surface area contributed by atoms with Crippen molar-refractivity contribution < 1.29 is 0 Å². The Bertz CT molecular complexity index is 2000. The highest BCUT2D eigenvalue weighted by molar-refractivity contribution is 6.19. The second-order valence-corrected chi connectivity index (χ2v) is 11.8. The van der Waals surface area contributed by atoms with Crippen molar-refractivity contribution >= 4 is 55.1 Å². The van der Waals surface area contributed by atoms with Gasteiger partial charge in [-0.15, -0.1) is 0 Å². The van der Waals surface area contributed by atoms with E-state index >= 15 is 0 Å². The number of benzene rings is 8. The molecule has 2 nitrogen and oxygen atoms in total. The lowest BCUT2D eigenvalue weighted by molar-refractivity contribution is 0.984. The average molecular weight is 711 g/mol. The van der Waals surface area contributed by atoms with Crippen LogP contribution in [0.4, 0.5) is 22.7 Å². The highest BCUT2D eigenvalue weighted by atomic mass is 15.1. The molecule has 0 heterocycles. The fourth-order valence-electron chi connectivity index (χ4n) is 6.80. The van der Waals surface area contributed by atoms with E-state index < -0.39 is 0 Å². The van der Waals surface area contributed by atoms with Crippen LogP contribution in [0.15, 0.2) is 182 Å². The molecule has 0 bridgehead atoms. The quantitative estimate of drug-likeness (QED) is 0.145. The predicted octanol–water partition coefficient (Wildman–Crippen LogP) is 15.9. The van der Waals surface area contributed by atoms with Gasteiger partial charge in [-0.3, -0.25) is 0 Å². The van der Waals surface area contributed by atoms with E-state index in [9.17, 15) is 0 Å². The molecule has 8 rings (SSSR count). The second-order valence-electron chi connectivity index (χ2n) is 11.8. The Morgan fingerprint density at radius 1 is 0.259 bits per heavy atom. The second kappa shape index (κ2) is 21.6. The van der Waals surface area contributed by atoms with Crippen molar-refractivity contribution in [2.45, 2.75) is 68.5 Å². The summed E-state index contributed by atoms with van der Waals surface area (Å²) in [5, 5.41) is 7.73. The molecular formula is C52H58N2. The van der Waals surface area contributed by atoms with Crippen molar-refractivity contribution in [3.8, 4) is 0 Å². The van der Waals surface area contributed by atoms with Crippen molar-refractivity contribution in [1.29, 1.82) is 0 Å². The van der Waals surface area contributed by atoms with E-state index in [2.05, 4.69) is 192 Å². The Balaban J connectivity index is 0.000000764. The van der Waals surface area contributed by atoms with Crippen molar-refractivity contribution in [3.05, 3.63) is 193 Å². The minimum Gasteiger partial charge on any atom is -0.337 e. The maximum atomic E-state index is 2.44. The van der Waals surface area contributed by atoms with E-state index in [0.29, 0.717) is 0 Å².